The van der Waals surface area contributed by atoms with Gasteiger partial charge in [0.25, 0.3) is 5.91 Å². The molecule has 0 fully saturated rings. The second kappa shape index (κ2) is 5.45. The average Bonchev–Trinajstić information content (AvgIpc) is 2.70. The van der Waals surface area contributed by atoms with Crippen LogP contribution in [0, 0.1) is 5.82 Å². The first-order valence-corrected chi connectivity index (χ1v) is 4.64. The van der Waals surface area contributed by atoms with E-state index in [2.05, 4.69) is 4.98 Å². The Balaban J connectivity index is 0.00000144. The van der Waals surface area contributed by atoms with E-state index in [-0.39, 0.29) is 23.9 Å². The molecule has 0 saturated heterocycles. The maximum absolute atomic E-state index is 12.6. The third-order valence-corrected chi connectivity index (χ3v) is 2.07. The zero-order valence-electron chi connectivity index (χ0n) is 8.72. The molecule has 2 aromatic rings. The summed E-state index contributed by atoms with van der Waals surface area (Å²) in [7, 11) is 0. The SMILES string of the molecule is Cl.NC(=O)c1coc(Cc2ccc(F)cc2)n1. The van der Waals surface area contributed by atoms with Crippen LogP contribution in [-0.2, 0) is 6.42 Å². The monoisotopic (exact) mass is 256 g/mol. The van der Waals surface area contributed by atoms with Gasteiger partial charge in [-0.25, -0.2) is 9.37 Å². The van der Waals surface area contributed by atoms with Crippen LogP contribution in [-0.4, -0.2) is 10.9 Å². The summed E-state index contributed by atoms with van der Waals surface area (Å²) in [4.78, 5) is 14.7. The van der Waals surface area contributed by atoms with E-state index in [1.807, 2.05) is 0 Å². The van der Waals surface area contributed by atoms with E-state index in [4.69, 9.17) is 10.2 Å². The fourth-order valence-corrected chi connectivity index (χ4v) is 1.28. The first-order chi connectivity index (χ1) is 7.65. The summed E-state index contributed by atoms with van der Waals surface area (Å²) in [6, 6.07) is 5.97. The van der Waals surface area contributed by atoms with Crippen molar-refractivity contribution in [2.24, 2.45) is 5.73 Å². The molecule has 0 aliphatic rings. The zero-order valence-corrected chi connectivity index (χ0v) is 9.54. The van der Waals surface area contributed by atoms with Gasteiger partial charge < -0.3 is 10.2 Å². The molecule has 17 heavy (non-hydrogen) atoms. The zero-order chi connectivity index (χ0) is 11.5. The molecule has 1 heterocycles. The molecule has 2 rings (SSSR count). The second-order valence-electron chi connectivity index (χ2n) is 3.29. The molecule has 1 aromatic carbocycles. The molecular weight excluding hydrogens is 247 g/mol. The first kappa shape index (κ1) is 13.2. The predicted molar refractivity (Wildman–Crippen MR) is 61.5 cm³/mol. The molecule has 0 saturated carbocycles. The van der Waals surface area contributed by atoms with Gasteiger partial charge in [0.05, 0.1) is 0 Å². The molecule has 2 N–H and O–H groups in total. The number of nitrogens with zero attached hydrogens (tertiary/aromatic N) is 1. The Morgan fingerprint density at radius 2 is 2.00 bits per heavy atom. The highest BCUT2D eigenvalue weighted by Crippen LogP contribution is 2.10. The Morgan fingerprint density at radius 3 is 2.53 bits per heavy atom. The van der Waals surface area contributed by atoms with Crippen molar-refractivity contribution in [2.45, 2.75) is 6.42 Å². The number of amides is 1. The van der Waals surface area contributed by atoms with Crippen LogP contribution >= 0.6 is 12.4 Å². The molecule has 90 valence electrons. The van der Waals surface area contributed by atoms with Crippen LogP contribution < -0.4 is 5.73 Å². The Labute approximate surface area is 103 Å². The average molecular weight is 257 g/mol. The predicted octanol–water partition coefficient (Wildman–Crippen LogP) is 1.93. The lowest BCUT2D eigenvalue weighted by molar-refractivity contribution is 0.0995. The van der Waals surface area contributed by atoms with Gasteiger partial charge in [-0.15, -0.1) is 12.4 Å². The fourth-order valence-electron chi connectivity index (χ4n) is 1.28. The van der Waals surface area contributed by atoms with Crippen LogP contribution in [0.2, 0.25) is 0 Å². The lowest BCUT2D eigenvalue weighted by atomic mass is 10.1. The van der Waals surface area contributed by atoms with Crippen molar-refractivity contribution < 1.29 is 13.6 Å². The van der Waals surface area contributed by atoms with Gasteiger partial charge in [0, 0.05) is 6.42 Å². The Morgan fingerprint density at radius 1 is 1.35 bits per heavy atom. The first-order valence-electron chi connectivity index (χ1n) is 4.64. The standard InChI is InChI=1S/C11H9FN2O2.ClH/c12-8-3-1-7(2-4-8)5-10-14-9(6-16-10)11(13)15;/h1-4,6H,5H2,(H2,13,15);1H. The van der Waals surface area contributed by atoms with Crippen LogP contribution in [0.3, 0.4) is 0 Å². The number of aromatic nitrogens is 1. The number of rotatable bonds is 3. The van der Waals surface area contributed by atoms with Gasteiger partial charge in [-0.3, -0.25) is 4.79 Å². The Hall–Kier alpha value is -1.88. The molecule has 0 aliphatic heterocycles. The number of carbonyl (C=O) groups is 1. The minimum absolute atomic E-state index is 0. The van der Waals surface area contributed by atoms with Crippen molar-refractivity contribution in [1.29, 1.82) is 0 Å². The summed E-state index contributed by atoms with van der Waals surface area (Å²) in [5.74, 6) is -0.552. The molecule has 1 amide bonds. The topological polar surface area (TPSA) is 69.1 Å². The molecular formula is C11H10ClFN2O2. The van der Waals surface area contributed by atoms with E-state index in [1.54, 1.807) is 12.1 Å². The van der Waals surface area contributed by atoms with E-state index < -0.39 is 5.91 Å². The Kier molecular flexibility index (Phi) is 4.23. The molecule has 0 unspecified atom stereocenters. The normalized spacial score (nSPS) is 9.71. The van der Waals surface area contributed by atoms with Gasteiger partial charge in [0.15, 0.2) is 11.6 Å². The lowest BCUT2D eigenvalue weighted by Crippen LogP contribution is -2.11. The molecule has 6 heteroatoms. The van der Waals surface area contributed by atoms with Crippen molar-refractivity contribution in [3.8, 4) is 0 Å². The summed E-state index contributed by atoms with van der Waals surface area (Å²) in [5, 5.41) is 0. The summed E-state index contributed by atoms with van der Waals surface area (Å²) < 4.78 is 17.7. The van der Waals surface area contributed by atoms with Gasteiger partial charge in [-0.2, -0.15) is 0 Å². The van der Waals surface area contributed by atoms with Gasteiger partial charge in [-0.05, 0) is 17.7 Å². The van der Waals surface area contributed by atoms with E-state index in [1.165, 1.54) is 18.4 Å². The van der Waals surface area contributed by atoms with Crippen molar-refractivity contribution in [1.82, 2.24) is 4.98 Å². The number of halogens is 2. The molecule has 0 bridgehead atoms. The highest BCUT2D eigenvalue weighted by atomic mass is 35.5. The second-order valence-corrected chi connectivity index (χ2v) is 3.29. The summed E-state index contributed by atoms with van der Waals surface area (Å²) in [5.41, 5.74) is 5.97. The van der Waals surface area contributed by atoms with Crippen molar-refractivity contribution >= 4 is 18.3 Å². The maximum Gasteiger partial charge on any atom is 0.270 e. The lowest BCUT2D eigenvalue weighted by Gasteiger charge is -1.96. The van der Waals surface area contributed by atoms with Gasteiger partial charge in [-0.1, -0.05) is 12.1 Å². The van der Waals surface area contributed by atoms with Gasteiger partial charge in [0.1, 0.15) is 12.1 Å². The largest absolute Gasteiger partial charge is 0.448 e. The number of oxazole rings is 1. The Bertz CT molecular complexity index is 510. The van der Waals surface area contributed by atoms with E-state index >= 15 is 0 Å². The molecule has 1 aromatic heterocycles. The molecule has 0 aliphatic carbocycles. The molecule has 4 nitrogen and oxygen atoms in total. The summed E-state index contributed by atoms with van der Waals surface area (Å²) in [6.07, 6.45) is 1.61. The number of hydrogen-bond donors (Lipinski definition) is 1. The minimum atomic E-state index is -0.630. The summed E-state index contributed by atoms with van der Waals surface area (Å²) in [6.45, 7) is 0. The number of carbonyl (C=O) groups excluding carboxylic acids is 1. The highest BCUT2D eigenvalue weighted by molar-refractivity contribution is 5.90. The number of primary amides is 1. The number of hydrogen-bond acceptors (Lipinski definition) is 3. The quantitative estimate of drug-likeness (QED) is 0.912. The number of benzene rings is 1. The molecule has 0 spiro atoms. The maximum atomic E-state index is 12.6. The third-order valence-electron chi connectivity index (χ3n) is 2.07. The van der Waals surface area contributed by atoms with Crippen LogP contribution in [0.1, 0.15) is 21.9 Å². The van der Waals surface area contributed by atoms with Crippen molar-refractivity contribution in [3.63, 3.8) is 0 Å². The fraction of sp³-hybridized carbons (Fsp3) is 0.0909. The van der Waals surface area contributed by atoms with Crippen molar-refractivity contribution in [2.75, 3.05) is 0 Å². The highest BCUT2D eigenvalue weighted by Gasteiger charge is 2.08. The third kappa shape index (κ3) is 3.29. The van der Waals surface area contributed by atoms with Crippen LogP contribution in [0.25, 0.3) is 0 Å². The number of nitrogens with two attached hydrogens (primary N) is 1. The minimum Gasteiger partial charge on any atom is -0.448 e. The smallest absolute Gasteiger partial charge is 0.270 e. The van der Waals surface area contributed by atoms with Gasteiger partial charge >= 0.3 is 0 Å². The van der Waals surface area contributed by atoms with E-state index in [0.29, 0.717) is 12.3 Å². The molecule has 0 atom stereocenters. The summed E-state index contributed by atoms with van der Waals surface area (Å²) >= 11 is 0. The van der Waals surface area contributed by atoms with Crippen LogP contribution in [0.5, 0.6) is 0 Å². The molecule has 0 radical (unpaired) electrons. The van der Waals surface area contributed by atoms with E-state index in [0.717, 1.165) is 5.56 Å². The van der Waals surface area contributed by atoms with Crippen molar-refractivity contribution in [3.05, 3.63) is 53.5 Å². The van der Waals surface area contributed by atoms with Crippen LogP contribution in [0.15, 0.2) is 34.9 Å². The van der Waals surface area contributed by atoms with Crippen LogP contribution in [0.4, 0.5) is 4.39 Å². The van der Waals surface area contributed by atoms with E-state index in [9.17, 15) is 9.18 Å². The van der Waals surface area contributed by atoms with Gasteiger partial charge in [0.2, 0.25) is 0 Å².